The molecule has 0 saturated carbocycles. The predicted molar refractivity (Wildman–Crippen MR) is 149 cm³/mol. The van der Waals surface area contributed by atoms with Gasteiger partial charge in [0.2, 0.25) is 13.5 Å². The van der Waals surface area contributed by atoms with Gasteiger partial charge in [-0.2, -0.15) is 0 Å². The molecule has 196 valence electrons. The van der Waals surface area contributed by atoms with Gasteiger partial charge in [-0.05, 0) is 57.8 Å². The third-order valence-corrected chi connectivity index (χ3v) is 6.20. The largest absolute Gasteiger partial charge is 0.393 e. The summed E-state index contributed by atoms with van der Waals surface area (Å²) < 4.78 is 9.94. The Labute approximate surface area is 211 Å². The summed E-state index contributed by atoms with van der Waals surface area (Å²) in [5.74, 6) is 2.65. The lowest BCUT2D eigenvalue weighted by atomic mass is 10.0. The first kappa shape index (κ1) is 37.0. The topological polar surface area (TPSA) is 67.8 Å². The highest BCUT2D eigenvalue weighted by molar-refractivity contribution is 8.41. The molecule has 0 aromatic rings. The van der Waals surface area contributed by atoms with Crippen LogP contribution in [0.5, 0.6) is 0 Å². The number of aliphatic hydroxyl groups is 1. The van der Waals surface area contributed by atoms with Crippen LogP contribution in [0.15, 0.2) is 12.2 Å². The third kappa shape index (κ3) is 33.7. The van der Waals surface area contributed by atoms with Crippen LogP contribution in [-0.4, -0.2) is 37.4 Å². The molecule has 0 aromatic heterocycles. The molecule has 2 unspecified atom stereocenters. The maximum absolute atomic E-state index is 11.4. The Kier molecular flexibility index (Phi) is 35.2. The van der Waals surface area contributed by atoms with Gasteiger partial charge in [-0.25, -0.2) is 0 Å². The average Bonchev–Trinajstić information content (AvgIpc) is 2.83. The molecular weight excluding hydrogens is 453 g/mol. The minimum absolute atomic E-state index is 0.106. The average molecular weight is 506 g/mol. The summed E-state index contributed by atoms with van der Waals surface area (Å²) in [5.41, 5.74) is 1.28. The molecule has 0 radical (unpaired) electrons. The van der Waals surface area contributed by atoms with Gasteiger partial charge in [-0.3, -0.25) is 4.79 Å². The van der Waals surface area contributed by atoms with Gasteiger partial charge in [-0.15, -0.1) is 12.3 Å². The molecule has 0 aliphatic heterocycles. The van der Waals surface area contributed by atoms with Gasteiger partial charge < -0.3 is 19.5 Å². The van der Waals surface area contributed by atoms with Crippen LogP contribution in [-0.2, 0) is 13.8 Å². The number of hydrogen-bond donors (Lipinski definition) is 3. The van der Waals surface area contributed by atoms with Crippen LogP contribution in [0.4, 0.5) is 0 Å². The number of unbranched alkanes of at least 4 members (excludes halogenated alkanes) is 4. The fourth-order valence-corrected chi connectivity index (χ4v) is 3.24. The van der Waals surface area contributed by atoms with Crippen LogP contribution in [0.2, 0.25) is 0 Å². The van der Waals surface area contributed by atoms with Crippen LogP contribution in [0.25, 0.3) is 0 Å². The molecule has 2 atom stereocenters. The van der Waals surface area contributed by atoms with E-state index in [0.29, 0.717) is 12.8 Å². The van der Waals surface area contributed by atoms with Gasteiger partial charge in [-0.1, -0.05) is 64.9 Å². The molecule has 5 nitrogen and oxygen atoms in total. The SMILES string of the molecule is C#CCCCC(=O)NCCCCCC(=C)CCCC(O)CC.CC.CCCCOP(S)OC. The second-order valence-corrected chi connectivity index (χ2v) is 9.61. The highest BCUT2D eigenvalue weighted by Gasteiger charge is 2.02. The zero-order chi connectivity index (χ0) is 25.7. The van der Waals surface area contributed by atoms with Gasteiger partial charge in [0.15, 0.2) is 0 Å². The number of amides is 1. The lowest BCUT2D eigenvalue weighted by molar-refractivity contribution is -0.121. The molecule has 0 saturated heterocycles. The molecular formula is C26H52NO4PS. The summed E-state index contributed by atoms with van der Waals surface area (Å²) in [6.45, 7) is 13.7. The first-order valence-electron chi connectivity index (χ1n) is 12.6. The molecule has 1 amide bonds. The number of carbonyl (C=O) groups is 1. The summed E-state index contributed by atoms with van der Waals surface area (Å²) in [5, 5.41) is 12.4. The summed E-state index contributed by atoms with van der Waals surface area (Å²) >= 11 is 4.02. The zero-order valence-electron chi connectivity index (χ0n) is 22.0. The third-order valence-electron chi connectivity index (χ3n) is 4.65. The fourth-order valence-electron chi connectivity index (χ4n) is 2.60. The molecule has 7 heteroatoms. The Morgan fingerprint density at radius 2 is 1.79 bits per heavy atom. The second-order valence-electron chi connectivity index (χ2n) is 7.53. The van der Waals surface area contributed by atoms with Crippen molar-refractivity contribution in [3.63, 3.8) is 0 Å². The van der Waals surface area contributed by atoms with E-state index in [-0.39, 0.29) is 12.0 Å². The number of rotatable bonds is 19. The van der Waals surface area contributed by atoms with Crippen molar-refractivity contribution >= 4 is 25.7 Å². The van der Waals surface area contributed by atoms with Crippen LogP contribution in [0.3, 0.4) is 0 Å². The van der Waals surface area contributed by atoms with E-state index in [1.165, 1.54) is 5.57 Å². The van der Waals surface area contributed by atoms with E-state index < -0.39 is 7.58 Å². The summed E-state index contributed by atoms with van der Waals surface area (Å²) in [7, 11) is 0.706. The Hall–Kier alpha value is -0.570. The molecule has 0 aliphatic carbocycles. The lowest BCUT2D eigenvalue weighted by Crippen LogP contribution is -2.23. The van der Waals surface area contributed by atoms with E-state index in [1.807, 2.05) is 20.8 Å². The van der Waals surface area contributed by atoms with E-state index in [0.717, 1.165) is 83.8 Å². The van der Waals surface area contributed by atoms with Crippen molar-refractivity contribution in [3.8, 4) is 12.3 Å². The smallest absolute Gasteiger partial charge is 0.234 e. The maximum Gasteiger partial charge on any atom is 0.234 e. The molecule has 0 fully saturated rings. The number of nitrogens with one attached hydrogen (secondary N) is 1. The highest BCUT2D eigenvalue weighted by atomic mass is 32.7. The number of terminal acetylenes is 1. The molecule has 2 N–H and O–H groups in total. The van der Waals surface area contributed by atoms with Crippen molar-refractivity contribution in [2.75, 3.05) is 20.3 Å². The standard InChI is InChI=1S/C19H33NO2.C5H13O2PS.C2H6/c1-4-6-8-15-19(22)20-16-10-7-9-12-17(3)13-11-14-18(21)5-2;1-3-4-5-7-8(9)6-2;1-2/h1,18,21H,3,5-16H2,2H3,(H,20,22);9H,3-5H2,1-2H3;1-2H3. The molecule has 0 bridgehead atoms. The highest BCUT2D eigenvalue weighted by Crippen LogP contribution is 2.41. The van der Waals surface area contributed by atoms with Crippen molar-refractivity contribution in [2.24, 2.45) is 0 Å². The Morgan fingerprint density at radius 3 is 2.36 bits per heavy atom. The van der Waals surface area contributed by atoms with Crippen molar-refractivity contribution in [3.05, 3.63) is 12.2 Å². The number of hydrogen-bond acceptors (Lipinski definition) is 5. The molecule has 0 aliphatic rings. The first-order valence-corrected chi connectivity index (χ1v) is 14.9. The minimum Gasteiger partial charge on any atom is -0.393 e. The van der Waals surface area contributed by atoms with E-state index in [2.05, 4.69) is 37.0 Å². The minimum atomic E-state index is -0.896. The van der Waals surface area contributed by atoms with Gasteiger partial charge >= 0.3 is 0 Å². The first-order chi connectivity index (χ1) is 15.9. The Morgan fingerprint density at radius 1 is 1.12 bits per heavy atom. The van der Waals surface area contributed by atoms with Crippen molar-refractivity contribution < 1.29 is 18.9 Å². The molecule has 0 heterocycles. The van der Waals surface area contributed by atoms with Crippen molar-refractivity contribution in [1.29, 1.82) is 0 Å². The van der Waals surface area contributed by atoms with Crippen LogP contribution < -0.4 is 5.32 Å². The van der Waals surface area contributed by atoms with Gasteiger partial charge in [0.1, 0.15) is 0 Å². The van der Waals surface area contributed by atoms with E-state index >= 15 is 0 Å². The quantitative estimate of drug-likeness (QED) is 0.0556. The zero-order valence-corrected chi connectivity index (χ0v) is 23.8. The lowest BCUT2D eigenvalue weighted by Gasteiger charge is -2.09. The predicted octanol–water partition coefficient (Wildman–Crippen LogP) is 7.60. The van der Waals surface area contributed by atoms with Crippen LogP contribution in [0, 0.1) is 12.3 Å². The molecule has 0 rings (SSSR count). The number of thiol groups is 1. The fraction of sp³-hybridized carbons (Fsp3) is 0.808. The van der Waals surface area contributed by atoms with Crippen LogP contribution in [0.1, 0.15) is 111 Å². The van der Waals surface area contributed by atoms with Crippen molar-refractivity contribution in [1.82, 2.24) is 5.32 Å². The van der Waals surface area contributed by atoms with Crippen LogP contribution >= 0.6 is 19.8 Å². The monoisotopic (exact) mass is 505 g/mol. The number of allylic oxidation sites excluding steroid dienone is 1. The van der Waals surface area contributed by atoms with Gasteiger partial charge in [0, 0.05) is 26.5 Å². The second kappa shape index (κ2) is 31.4. The van der Waals surface area contributed by atoms with E-state index in [9.17, 15) is 9.90 Å². The van der Waals surface area contributed by atoms with Gasteiger partial charge in [0.05, 0.1) is 12.7 Å². The van der Waals surface area contributed by atoms with Gasteiger partial charge in [0.25, 0.3) is 0 Å². The summed E-state index contributed by atoms with van der Waals surface area (Å²) in [4.78, 5) is 11.4. The summed E-state index contributed by atoms with van der Waals surface area (Å²) in [6, 6.07) is 0. The number of aliphatic hydroxyl groups excluding tert-OH is 1. The summed E-state index contributed by atoms with van der Waals surface area (Å²) in [6.07, 6.45) is 17.3. The van der Waals surface area contributed by atoms with E-state index in [1.54, 1.807) is 7.11 Å². The Bertz CT molecular complexity index is 472. The van der Waals surface area contributed by atoms with Crippen molar-refractivity contribution in [2.45, 2.75) is 117 Å². The maximum atomic E-state index is 11.4. The molecule has 0 aromatic carbocycles. The molecule has 33 heavy (non-hydrogen) atoms. The Balaban J connectivity index is -0.000000682. The normalized spacial score (nSPS) is 11.7. The number of carbonyl (C=O) groups excluding carboxylic acids is 1. The molecule has 0 spiro atoms. The van der Waals surface area contributed by atoms with E-state index in [4.69, 9.17) is 15.5 Å².